The maximum atomic E-state index is 13.9. The van der Waals surface area contributed by atoms with E-state index < -0.39 is 0 Å². The second kappa shape index (κ2) is 10.6. The van der Waals surface area contributed by atoms with Crippen molar-refractivity contribution in [2.75, 3.05) is 39.9 Å². The van der Waals surface area contributed by atoms with Crippen molar-refractivity contribution >= 4 is 0 Å². The third-order valence-electron chi connectivity index (χ3n) is 5.50. The normalized spacial score (nSPS) is 16.0. The van der Waals surface area contributed by atoms with E-state index in [1.807, 2.05) is 24.3 Å². The van der Waals surface area contributed by atoms with E-state index in [2.05, 4.69) is 15.9 Å². The zero-order chi connectivity index (χ0) is 19.8. The third-order valence-corrected chi connectivity index (χ3v) is 5.50. The lowest BCUT2D eigenvalue weighted by molar-refractivity contribution is 0.106. The molecule has 0 unspecified atom stereocenters. The molecular formula is C23H31FN2O2. The summed E-state index contributed by atoms with van der Waals surface area (Å²) in [5.41, 5.74) is 1.90. The quantitative estimate of drug-likeness (QED) is 0.709. The number of hydrogen-bond acceptors (Lipinski definition) is 4. The second-order valence-electron chi connectivity index (χ2n) is 7.71. The van der Waals surface area contributed by atoms with Gasteiger partial charge in [0.2, 0.25) is 0 Å². The van der Waals surface area contributed by atoms with Crippen LogP contribution in [-0.2, 0) is 17.8 Å². The number of halogens is 1. The Morgan fingerprint density at radius 1 is 1.14 bits per heavy atom. The first kappa shape index (κ1) is 20.8. The van der Waals surface area contributed by atoms with E-state index in [1.165, 1.54) is 6.07 Å². The molecule has 4 nitrogen and oxygen atoms in total. The fourth-order valence-electron chi connectivity index (χ4n) is 3.93. The number of methoxy groups -OCH3 is 1. The third kappa shape index (κ3) is 6.30. The van der Waals surface area contributed by atoms with E-state index in [4.69, 9.17) is 4.74 Å². The highest BCUT2D eigenvalue weighted by Crippen LogP contribution is 2.22. The van der Waals surface area contributed by atoms with Crippen LogP contribution in [0.15, 0.2) is 48.5 Å². The molecule has 28 heavy (non-hydrogen) atoms. The van der Waals surface area contributed by atoms with Gasteiger partial charge in [-0.1, -0.05) is 30.3 Å². The first-order chi connectivity index (χ1) is 13.6. The molecule has 0 spiro atoms. The molecule has 0 aromatic heterocycles. The molecule has 1 N–H and O–H groups in total. The molecule has 0 saturated carbocycles. The van der Waals surface area contributed by atoms with Gasteiger partial charge < -0.3 is 9.84 Å². The van der Waals surface area contributed by atoms with Crippen LogP contribution >= 0.6 is 0 Å². The average Bonchev–Trinajstić information content (AvgIpc) is 2.69. The molecule has 0 radical (unpaired) electrons. The molecule has 152 valence electrons. The summed E-state index contributed by atoms with van der Waals surface area (Å²) in [4.78, 5) is 4.76. The zero-order valence-electron chi connectivity index (χ0n) is 16.7. The predicted molar refractivity (Wildman–Crippen MR) is 110 cm³/mol. The van der Waals surface area contributed by atoms with Gasteiger partial charge in [-0.15, -0.1) is 0 Å². The summed E-state index contributed by atoms with van der Waals surface area (Å²) in [6.07, 6.45) is 2.25. The monoisotopic (exact) mass is 386 g/mol. The van der Waals surface area contributed by atoms with Crippen molar-refractivity contribution < 1.29 is 14.2 Å². The van der Waals surface area contributed by atoms with Crippen LogP contribution in [0, 0.1) is 11.7 Å². The molecule has 1 fully saturated rings. The predicted octanol–water partition coefficient (Wildman–Crippen LogP) is 3.89. The molecule has 0 aliphatic carbocycles. The smallest absolute Gasteiger partial charge is 0.127 e. The summed E-state index contributed by atoms with van der Waals surface area (Å²) >= 11 is 0. The SMILES string of the molecule is COCCN(Cc1cccc(O)c1)CC1CCN(Cc2ccccc2F)CC1. The van der Waals surface area contributed by atoms with Crippen molar-refractivity contribution in [3.8, 4) is 5.75 Å². The Hall–Kier alpha value is -1.95. The number of likely N-dealkylation sites (tertiary alicyclic amines) is 1. The van der Waals surface area contributed by atoms with E-state index in [9.17, 15) is 9.50 Å². The van der Waals surface area contributed by atoms with Crippen LogP contribution in [-0.4, -0.2) is 54.8 Å². The van der Waals surface area contributed by atoms with Crippen LogP contribution in [0.1, 0.15) is 24.0 Å². The minimum Gasteiger partial charge on any atom is -0.508 e. The van der Waals surface area contributed by atoms with Crippen LogP contribution < -0.4 is 0 Å². The van der Waals surface area contributed by atoms with E-state index >= 15 is 0 Å². The Kier molecular flexibility index (Phi) is 7.83. The summed E-state index contributed by atoms with van der Waals surface area (Å²) in [5, 5.41) is 9.72. The van der Waals surface area contributed by atoms with Crippen LogP contribution in [0.3, 0.4) is 0 Å². The van der Waals surface area contributed by atoms with Crippen molar-refractivity contribution in [1.82, 2.24) is 9.80 Å². The van der Waals surface area contributed by atoms with Gasteiger partial charge in [0.25, 0.3) is 0 Å². The van der Waals surface area contributed by atoms with Gasteiger partial charge in [0.15, 0.2) is 0 Å². The van der Waals surface area contributed by atoms with Gasteiger partial charge >= 0.3 is 0 Å². The van der Waals surface area contributed by atoms with Gasteiger partial charge in [0.1, 0.15) is 11.6 Å². The Balaban J connectivity index is 1.50. The Morgan fingerprint density at radius 2 is 1.93 bits per heavy atom. The lowest BCUT2D eigenvalue weighted by Crippen LogP contribution is -2.39. The highest BCUT2D eigenvalue weighted by Gasteiger charge is 2.22. The standard InChI is InChI=1S/C23H31FN2O2/c1-28-14-13-26(17-20-5-4-7-22(27)15-20)16-19-9-11-25(12-10-19)18-21-6-2-3-8-23(21)24/h2-8,15,19,27H,9-14,16-18H2,1H3. The number of nitrogens with zero attached hydrogens (tertiary/aromatic N) is 2. The highest BCUT2D eigenvalue weighted by molar-refractivity contribution is 5.27. The van der Waals surface area contributed by atoms with Crippen molar-refractivity contribution in [3.05, 3.63) is 65.5 Å². The average molecular weight is 387 g/mol. The molecule has 1 heterocycles. The van der Waals surface area contributed by atoms with Gasteiger partial charge in [0, 0.05) is 38.9 Å². The van der Waals surface area contributed by atoms with Crippen LogP contribution in [0.5, 0.6) is 5.75 Å². The fourth-order valence-corrected chi connectivity index (χ4v) is 3.93. The van der Waals surface area contributed by atoms with Crippen molar-refractivity contribution in [3.63, 3.8) is 0 Å². The highest BCUT2D eigenvalue weighted by atomic mass is 19.1. The topological polar surface area (TPSA) is 35.9 Å². The summed E-state index contributed by atoms with van der Waals surface area (Å²) < 4.78 is 19.2. The van der Waals surface area contributed by atoms with Gasteiger partial charge in [-0.05, 0) is 55.6 Å². The molecule has 1 saturated heterocycles. The number of piperidine rings is 1. The minimum absolute atomic E-state index is 0.110. The van der Waals surface area contributed by atoms with Gasteiger partial charge in [-0.3, -0.25) is 9.80 Å². The second-order valence-corrected chi connectivity index (χ2v) is 7.71. The Labute approximate surface area is 167 Å². The number of rotatable bonds is 9. The summed E-state index contributed by atoms with van der Waals surface area (Å²) in [6, 6.07) is 14.5. The lowest BCUT2D eigenvalue weighted by Gasteiger charge is -2.35. The van der Waals surface area contributed by atoms with Gasteiger partial charge in [0.05, 0.1) is 6.61 Å². The molecule has 1 aliphatic heterocycles. The molecule has 0 atom stereocenters. The number of aromatic hydroxyl groups is 1. The number of phenols is 1. The molecule has 0 bridgehead atoms. The van der Waals surface area contributed by atoms with E-state index in [0.717, 1.165) is 56.7 Å². The van der Waals surface area contributed by atoms with Crippen LogP contribution in [0.4, 0.5) is 4.39 Å². The van der Waals surface area contributed by atoms with Crippen molar-refractivity contribution in [1.29, 1.82) is 0 Å². The number of ether oxygens (including phenoxy) is 1. The van der Waals surface area contributed by atoms with Gasteiger partial charge in [-0.2, -0.15) is 0 Å². The van der Waals surface area contributed by atoms with Gasteiger partial charge in [-0.25, -0.2) is 4.39 Å². The zero-order valence-corrected chi connectivity index (χ0v) is 16.7. The van der Waals surface area contributed by atoms with Crippen molar-refractivity contribution in [2.24, 2.45) is 5.92 Å². The molecule has 3 rings (SSSR count). The summed E-state index contributed by atoms with van der Waals surface area (Å²) in [6.45, 7) is 6.11. The lowest BCUT2D eigenvalue weighted by atomic mass is 9.95. The van der Waals surface area contributed by atoms with Crippen LogP contribution in [0.25, 0.3) is 0 Å². The minimum atomic E-state index is -0.110. The summed E-state index contributed by atoms with van der Waals surface area (Å²) in [5.74, 6) is 0.832. The molecule has 0 amide bonds. The Bertz CT molecular complexity index is 732. The number of phenolic OH excluding ortho intramolecular Hbond substituents is 1. The van der Waals surface area contributed by atoms with E-state index in [-0.39, 0.29) is 5.82 Å². The maximum absolute atomic E-state index is 13.9. The Morgan fingerprint density at radius 3 is 2.64 bits per heavy atom. The fraction of sp³-hybridized carbons (Fsp3) is 0.478. The largest absolute Gasteiger partial charge is 0.508 e. The molecule has 2 aromatic carbocycles. The van der Waals surface area contributed by atoms with E-state index in [0.29, 0.717) is 24.8 Å². The number of benzene rings is 2. The maximum Gasteiger partial charge on any atom is 0.127 e. The number of hydrogen-bond donors (Lipinski definition) is 1. The molecular weight excluding hydrogens is 355 g/mol. The molecule has 2 aromatic rings. The van der Waals surface area contributed by atoms with Crippen molar-refractivity contribution in [2.45, 2.75) is 25.9 Å². The first-order valence-corrected chi connectivity index (χ1v) is 10.1. The summed E-state index contributed by atoms with van der Waals surface area (Å²) in [7, 11) is 1.73. The van der Waals surface area contributed by atoms with Crippen LogP contribution in [0.2, 0.25) is 0 Å². The molecule has 1 aliphatic rings. The molecule has 5 heteroatoms. The first-order valence-electron chi connectivity index (χ1n) is 10.1. The van der Waals surface area contributed by atoms with E-state index in [1.54, 1.807) is 19.2 Å².